The molecule has 0 unspecified atom stereocenters. The van der Waals surface area contributed by atoms with Gasteiger partial charge in [0.15, 0.2) is 5.78 Å². The van der Waals surface area contributed by atoms with Crippen LogP contribution in [0.5, 0.6) is 0 Å². The van der Waals surface area contributed by atoms with Crippen LogP contribution in [0, 0.1) is 0 Å². The van der Waals surface area contributed by atoms with Crippen molar-refractivity contribution in [2.45, 2.75) is 25.8 Å². The van der Waals surface area contributed by atoms with Crippen molar-refractivity contribution in [3.8, 4) is 0 Å². The molecule has 2 aromatic rings. The van der Waals surface area contributed by atoms with Gasteiger partial charge in [0.1, 0.15) is 0 Å². The van der Waals surface area contributed by atoms with Crippen LogP contribution in [0.15, 0.2) is 54.6 Å². The van der Waals surface area contributed by atoms with E-state index < -0.39 is 0 Å². The van der Waals surface area contributed by atoms with Gasteiger partial charge < -0.3 is 5.32 Å². The highest BCUT2D eigenvalue weighted by Crippen LogP contribution is 2.31. The van der Waals surface area contributed by atoms with Crippen molar-refractivity contribution in [2.75, 3.05) is 18.4 Å². The molecule has 1 aliphatic heterocycles. The maximum absolute atomic E-state index is 12.3. The Bertz CT molecular complexity index is 710. The van der Waals surface area contributed by atoms with E-state index in [1.165, 1.54) is 12.5 Å². The van der Waals surface area contributed by atoms with Crippen LogP contribution < -0.4 is 5.32 Å². The number of benzene rings is 2. The predicted molar refractivity (Wildman–Crippen MR) is 95.1 cm³/mol. The van der Waals surface area contributed by atoms with Gasteiger partial charge in [-0.1, -0.05) is 30.3 Å². The molecule has 2 aromatic carbocycles. The standard InChI is InChI=1S/C20H22N2O2/c1-15(23)16-9-11-18(12-10-16)21-20(24)14-22-13-5-8-19(22)17-6-3-2-4-7-17/h2-4,6-7,9-12,19H,5,8,13-14H2,1H3,(H,21,24)/t19-/m0/s1. The summed E-state index contributed by atoms with van der Waals surface area (Å²) in [6.45, 7) is 2.86. The van der Waals surface area contributed by atoms with E-state index in [-0.39, 0.29) is 11.7 Å². The van der Waals surface area contributed by atoms with Crippen LogP contribution in [0.3, 0.4) is 0 Å². The van der Waals surface area contributed by atoms with Gasteiger partial charge in [0.05, 0.1) is 6.54 Å². The molecule has 1 saturated heterocycles. The molecule has 1 amide bonds. The van der Waals surface area contributed by atoms with E-state index in [4.69, 9.17) is 0 Å². The summed E-state index contributed by atoms with van der Waals surface area (Å²) in [4.78, 5) is 25.9. The van der Waals surface area contributed by atoms with Crippen LogP contribution in [0.25, 0.3) is 0 Å². The lowest BCUT2D eigenvalue weighted by atomic mass is 10.0. The molecule has 0 aliphatic carbocycles. The molecule has 124 valence electrons. The topological polar surface area (TPSA) is 49.4 Å². The van der Waals surface area contributed by atoms with Crippen molar-refractivity contribution < 1.29 is 9.59 Å². The second kappa shape index (κ2) is 7.41. The number of hydrogen-bond acceptors (Lipinski definition) is 3. The number of hydrogen-bond donors (Lipinski definition) is 1. The van der Waals surface area contributed by atoms with Crippen molar-refractivity contribution >= 4 is 17.4 Å². The third-order valence-corrected chi connectivity index (χ3v) is 4.47. The van der Waals surface area contributed by atoms with Crippen LogP contribution in [0.2, 0.25) is 0 Å². The Kier molecular flexibility index (Phi) is 5.06. The molecule has 24 heavy (non-hydrogen) atoms. The van der Waals surface area contributed by atoms with Crippen molar-refractivity contribution in [2.24, 2.45) is 0 Å². The molecule has 1 fully saturated rings. The Hall–Kier alpha value is -2.46. The van der Waals surface area contributed by atoms with E-state index in [0.717, 1.165) is 25.1 Å². The lowest BCUT2D eigenvalue weighted by Crippen LogP contribution is -2.32. The van der Waals surface area contributed by atoms with E-state index in [2.05, 4.69) is 22.3 Å². The Balaban J connectivity index is 1.61. The average Bonchev–Trinajstić information content (AvgIpc) is 3.04. The summed E-state index contributed by atoms with van der Waals surface area (Å²) in [6.07, 6.45) is 2.20. The van der Waals surface area contributed by atoms with Crippen LogP contribution in [-0.2, 0) is 4.79 Å². The molecule has 4 nitrogen and oxygen atoms in total. The van der Waals surface area contributed by atoms with Gasteiger partial charge >= 0.3 is 0 Å². The Morgan fingerprint density at radius 3 is 2.46 bits per heavy atom. The van der Waals surface area contributed by atoms with Crippen molar-refractivity contribution in [3.63, 3.8) is 0 Å². The van der Waals surface area contributed by atoms with Gasteiger partial charge in [0, 0.05) is 17.3 Å². The smallest absolute Gasteiger partial charge is 0.238 e. The first-order valence-electron chi connectivity index (χ1n) is 8.33. The fourth-order valence-electron chi connectivity index (χ4n) is 3.24. The Labute approximate surface area is 142 Å². The summed E-state index contributed by atoms with van der Waals surface area (Å²) in [6, 6.07) is 17.7. The normalized spacial score (nSPS) is 17.6. The summed E-state index contributed by atoms with van der Waals surface area (Å²) in [7, 11) is 0. The summed E-state index contributed by atoms with van der Waals surface area (Å²) in [5, 5.41) is 2.92. The van der Waals surface area contributed by atoms with Gasteiger partial charge in [-0.05, 0) is 56.1 Å². The molecular weight excluding hydrogens is 300 g/mol. The number of nitrogens with one attached hydrogen (secondary N) is 1. The van der Waals surface area contributed by atoms with E-state index in [9.17, 15) is 9.59 Å². The minimum atomic E-state index is -0.0200. The number of nitrogens with zero attached hydrogens (tertiary/aromatic N) is 1. The van der Waals surface area contributed by atoms with E-state index in [0.29, 0.717) is 18.2 Å². The number of carbonyl (C=O) groups excluding carboxylic acids is 2. The minimum absolute atomic E-state index is 0.0200. The molecule has 0 aromatic heterocycles. The SMILES string of the molecule is CC(=O)c1ccc(NC(=O)CN2CCC[C@H]2c2ccccc2)cc1. The fourth-order valence-corrected chi connectivity index (χ4v) is 3.24. The lowest BCUT2D eigenvalue weighted by molar-refractivity contribution is -0.117. The van der Waals surface area contributed by atoms with Crippen molar-refractivity contribution in [1.82, 2.24) is 4.90 Å². The first kappa shape index (κ1) is 16.4. The first-order valence-corrected chi connectivity index (χ1v) is 8.33. The van der Waals surface area contributed by atoms with Crippen LogP contribution >= 0.6 is 0 Å². The van der Waals surface area contributed by atoms with Gasteiger partial charge in [-0.3, -0.25) is 14.5 Å². The highest BCUT2D eigenvalue weighted by atomic mass is 16.2. The molecule has 0 spiro atoms. The number of amides is 1. The largest absolute Gasteiger partial charge is 0.325 e. The highest BCUT2D eigenvalue weighted by Gasteiger charge is 2.27. The summed E-state index contributed by atoms with van der Waals surface area (Å²) < 4.78 is 0. The molecule has 1 heterocycles. The van der Waals surface area contributed by atoms with E-state index in [1.54, 1.807) is 24.3 Å². The maximum Gasteiger partial charge on any atom is 0.238 e. The zero-order chi connectivity index (χ0) is 16.9. The van der Waals surface area contributed by atoms with Gasteiger partial charge in [-0.15, -0.1) is 0 Å². The molecule has 0 bridgehead atoms. The molecule has 0 radical (unpaired) electrons. The quantitative estimate of drug-likeness (QED) is 0.855. The van der Waals surface area contributed by atoms with E-state index >= 15 is 0 Å². The Morgan fingerprint density at radius 1 is 1.08 bits per heavy atom. The van der Waals surface area contributed by atoms with Crippen LogP contribution in [0.4, 0.5) is 5.69 Å². The van der Waals surface area contributed by atoms with Crippen LogP contribution in [0.1, 0.15) is 41.7 Å². The minimum Gasteiger partial charge on any atom is -0.325 e. The van der Waals surface area contributed by atoms with Gasteiger partial charge in [-0.25, -0.2) is 0 Å². The fraction of sp³-hybridized carbons (Fsp3) is 0.300. The van der Waals surface area contributed by atoms with Gasteiger partial charge in [0.25, 0.3) is 0 Å². The number of rotatable bonds is 5. The van der Waals surface area contributed by atoms with Crippen LogP contribution in [-0.4, -0.2) is 29.7 Å². The van der Waals surface area contributed by atoms with Crippen molar-refractivity contribution in [3.05, 3.63) is 65.7 Å². The highest BCUT2D eigenvalue weighted by molar-refractivity contribution is 5.96. The van der Waals surface area contributed by atoms with Gasteiger partial charge in [-0.2, -0.15) is 0 Å². The van der Waals surface area contributed by atoms with E-state index in [1.807, 2.05) is 18.2 Å². The second-order valence-electron chi connectivity index (χ2n) is 6.22. The van der Waals surface area contributed by atoms with Crippen molar-refractivity contribution in [1.29, 1.82) is 0 Å². The summed E-state index contributed by atoms with van der Waals surface area (Å²) >= 11 is 0. The predicted octanol–water partition coefficient (Wildman–Crippen LogP) is 3.66. The molecule has 1 N–H and O–H groups in total. The molecule has 0 saturated carbocycles. The Morgan fingerprint density at radius 2 is 1.79 bits per heavy atom. The second-order valence-corrected chi connectivity index (χ2v) is 6.22. The molecule has 3 rings (SSSR count). The van der Waals surface area contributed by atoms with Gasteiger partial charge in [0.2, 0.25) is 5.91 Å². The number of Topliss-reactive ketones (excluding diaryl/α,β-unsaturated/α-hetero) is 1. The summed E-state index contributed by atoms with van der Waals surface area (Å²) in [5.74, 6) is 0.00375. The first-order chi connectivity index (χ1) is 11.6. The number of likely N-dealkylation sites (tertiary alicyclic amines) is 1. The molecule has 4 heteroatoms. The average molecular weight is 322 g/mol. The molecule has 1 atom stereocenters. The lowest BCUT2D eigenvalue weighted by Gasteiger charge is -2.24. The molecular formula is C20H22N2O2. The number of anilines is 1. The maximum atomic E-state index is 12.3. The molecule has 1 aliphatic rings. The zero-order valence-electron chi connectivity index (χ0n) is 13.9. The number of carbonyl (C=O) groups is 2. The third-order valence-electron chi connectivity index (χ3n) is 4.47. The third kappa shape index (κ3) is 3.89. The summed E-state index contributed by atoms with van der Waals surface area (Å²) in [5.41, 5.74) is 2.64. The zero-order valence-corrected chi connectivity index (χ0v) is 13.9. The monoisotopic (exact) mass is 322 g/mol. The number of ketones is 1.